The predicted octanol–water partition coefficient (Wildman–Crippen LogP) is 3.82. The second-order valence-corrected chi connectivity index (χ2v) is 7.26. The molecule has 112 valence electrons. The van der Waals surface area contributed by atoms with E-state index < -0.39 is 0 Å². The van der Waals surface area contributed by atoms with Crippen LogP contribution in [0.15, 0.2) is 18.2 Å². The fourth-order valence-corrected chi connectivity index (χ4v) is 3.06. The van der Waals surface area contributed by atoms with Crippen molar-refractivity contribution < 1.29 is 4.74 Å². The molecule has 3 heteroatoms. The Hall–Kier alpha value is -1.22. The molecule has 1 aromatic rings. The molecular formula is C17H28N2O. The number of rotatable bonds is 3. The first-order valence-electron chi connectivity index (χ1n) is 7.35. The Balaban J connectivity index is 2.18. The van der Waals surface area contributed by atoms with Gasteiger partial charge < -0.3 is 15.0 Å². The molecule has 0 spiro atoms. The smallest absolute Gasteiger partial charge is 0.0834 e. The summed E-state index contributed by atoms with van der Waals surface area (Å²) in [5.41, 5.74) is 3.51. The standard InChI is InChI=1S/C17H28N2O/c1-12-10-13(19(6)7)8-9-14(12)18-15-11-16(2,3)20-17(15,4)5/h8-10,15,18H,11H2,1-7H3. The molecule has 20 heavy (non-hydrogen) atoms. The van der Waals surface area contributed by atoms with Gasteiger partial charge in [-0.1, -0.05) is 0 Å². The van der Waals surface area contributed by atoms with Crippen LogP contribution in [0.1, 0.15) is 39.7 Å². The van der Waals surface area contributed by atoms with Gasteiger partial charge in [-0.15, -0.1) is 0 Å². The number of nitrogens with zero attached hydrogens (tertiary/aromatic N) is 1. The van der Waals surface area contributed by atoms with Gasteiger partial charge in [-0.2, -0.15) is 0 Å². The third-order valence-corrected chi connectivity index (χ3v) is 4.13. The summed E-state index contributed by atoms with van der Waals surface area (Å²) in [6.07, 6.45) is 1.02. The molecule has 1 saturated heterocycles. The maximum Gasteiger partial charge on any atom is 0.0834 e. The number of ether oxygens (including phenoxy) is 1. The van der Waals surface area contributed by atoms with Crippen LogP contribution in [0.25, 0.3) is 0 Å². The molecule has 1 N–H and O–H groups in total. The van der Waals surface area contributed by atoms with Crippen molar-refractivity contribution in [3.63, 3.8) is 0 Å². The van der Waals surface area contributed by atoms with Gasteiger partial charge in [0.1, 0.15) is 0 Å². The minimum atomic E-state index is -0.143. The van der Waals surface area contributed by atoms with Crippen LogP contribution in [0.5, 0.6) is 0 Å². The minimum Gasteiger partial charge on any atom is -0.379 e. The zero-order valence-corrected chi connectivity index (χ0v) is 13.9. The first-order chi connectivity index (χ1) is 9.11. The molecule has 0 bridgehead atoms. The Kier molecular flexibility index (Phi) is 3.76. The van der Waals surface area contributed by atoms with Gasteiger partial charge in [0.25, 0.3) is 0 Å². The Labute approximate surface area is 123 Å². The summed E-state index contributed by atoms with van der Waals surface area (Å²) in [6, 6.07) is 6.88. The van der Waals surface area contributed by atoms with E-state index in [0.29, 0.717) is 6.04 Å². The Bertz CT molecular complexity index is 492. The fraction of sp³-hybridized carbons (Fsp3) is 0.647. The van der Waals surface area contributed by atoms with Gasteiger partial charge in [0.15, 0.2) is 0 Å². The number of aryl methyl sites for hydroxylation is 1. The van der Waals surface area contributed by atoms with Crippen LogP contribution in [0, 0.1) is 6.92 Å². The van der Waals surface area contributed by atoms with Gasteiger partial charge in [-0.25, -0.2) is 0 Å². The normalized spacial score (nSPS) is 23.6. The van der Waals surface area contributed by atoms with Gasteiger partial charge >= 0.3 is 0 Å². The average Bonchev–Trinajstić information content (AvgIpc) is 2.49. The molecule has 1 atom stereocenters. The monoisotopic (exact) mass is 276 g/mol. The first kappa shape index (κ1) is 15.2. The molecule has 1 fully saturated rings. The van der Waals surface area contributed by atoms with Crippen molar-refractivity contribution in [1.82, 2.24) is 0 Å². The van der Waals surface area contributed by atoms with Crippen molar-refractivity contribution in [3.05, 3.63) is 23.8 Å². The fourth-order valence-electron chi connectivity index (χ4n) is 3.06. The Morgan fingerprint density at radius 1 is 1.20 bits per heavy atom. The highest BCUT2D eigenvalue weighted by Gasteiger charge is 2.45. The van der Waals surface area contributed by atoms with Crippen LogP contribution >= 0.6 is 0 Å². The van der Waals surface area contributed by atoms with E-state index in [-0.39, 0.29) is 11.2 Å². The van der Waals surface area contributed by atoms with E-state index in [2.05, 4.69) is 77.1 Å². The molecule has 1 aliphatic rings. The molecule has 3 nitrogen and oxygen atoms in total. The molecule has 1 aromatic carbocycles. The predicted molar refractivity (Wildman–Crippen MR) is 86.8 cm³/mol. The molecule has 2 rings (SSSR count). The molecule has 1 heterocycles. The highest BCUT2D eigenvalue weighted by molar-refractivity contribution is 5.60. The lowest BCUT2D eigenvalue weighted by atomic mass is 9.94. The summed E-state index contributed by atoms with van der Waals surface area (Å²) in [7, 11) is 4.14. The van der Waals surface area contributed by atoms with E-state index in [1.807, 2.05) is 0 Å². The lowest BCUT2D eigenvalue weighted by molar-refractivity contribution is -0.0662. The van der Waals surface area contributed by atoms with Crippen molar-refractivity contribution in [3.8, 4) is 0 Å². The largest absolute Gasteiger partial charge is 0.379 e. The maximum atomic E-state index is 6.15. The van der Waals surface area contributed by atoms with E-state index >= 15 is 0 Å². The van der Waals surface area contributed by atoms with Crippen LogP contribution in [-0.4, -0.2) is 31.3 Å². The van der Waals surface area contributed by atoms with Crippen LogP contribution in [0.3, 0.4) is 0 Å². The van der Waals surface area contributed by atoms with Crippen molar-refractivity contribution in [1.29, 1.82) is 0 Å². The highest BCUT2D eigenvalue weighted by atomic mass is 16.5. The van der Waals surface area contributed by atoms with Crippen LogP contribution in [0.4, 0.5) is 11.4 Å². The van der Waals surface area contributed by atoms with Gasteiger partial charge in [-0.3, -0.25) is 0 Å². The Morgan fingerprint density at radius 3 is 2.30 bits per heavy atom. The van der Waals surface area contributed by atoms with Crippen LogP contribution in [0.2, 0.25) is 0 Å². The second-order valence-electron chi connectivity index (χ2n) is 7.26. The first-order valence-corrected chi connectivity index (χ1v) is 7.35. The van der Waals surface area contributed by atoms with E-state index in [9.17, 15) is 0 Å². The summed E-state index contributed by atoms with van der Waals surface area (Å²) in [4.78, 5) is 2.13. The summed E-state index contributed by atoms with van der Waals surface area (Å²) in [5.74, 6) is 0. The zero-order chi connectivity index (χ0) is 15.1. The van der Waals surface area contributed by atoms with Crippen molar-refractivity contribution in [2.45, 2.75) is 58.3 Å². The lowest BCUT2D eigenvalue weighted by Gasteiger charge is -2.29. The van der Waals surface area contributed by atoms with E-state index in [0.717, 1.165) is 6.42 Å². The van der Waals surface area contributed by atoms with Crippen molar-refractivity contribution in [2.75, 3.05) is 24.3 Å². The molecule has 1 unspecified atom stereocenters. The van der Waals surface area contributed by atoms with Gasteiger partial charge in [-0.05, 0) is 64.8 Å². The maximum absolute atomic E-state index is 6.15. The van der Waals surface area contributed by atoms with Gasteiger partial charge in [0.05, 0.1) is 17.2 Å². The van der Waals surface area contributed by atoms with E-state index in [1.54, 1.807) is 0 Å². The number of anilines is 2. The lowest BCUT2D eigenvalue weighted by Crippen LogP contribution is -2.38. The summed E-state index contributed by atoms with van der Waals surface area (Å²) in [5, 5.41) is 3.68. The topological polar surface area (TPSA) is 24.5 Å². The van der Waals surface area contributed by atoms with Crippen LogP contribution in [-0.2, 0) is 4.74 Å². The molecule has 0 amide bonds. The van der Waals surface area contributed by atoms with Gasteiger partial charge in [0, 0.05) is 25.5 Å². The average molecular weight is 276 g/mol. The van der Waals surface area contributed by atoms with Crippen molar-refractivity contribution >= 4 is 11.4 Å². The number of hydrogen-bond acceptors (Lipinski definition) is 3. The molecule has 1 aliphatic heterocycles. The third kappa shape index (κ3) is 3.09. The van der Waals surface area contributed by atoms with Gasteiger partial charge in [0.2, 0.25) is 0 Å². The van der Waals surface area contributed by atoms with Crippen molar-refractivity contribution in [2.24, 2.45) is 0 Å². The molecule has 0 saturated carbocycles. The van der Waals surface area contributed by atoms with E-state index in [4.69, 9.17) is 4.74 Å². The quantitative estimate of drug-likeness (QED) is 0.908. The van der Waals surface area contributed by atoms with Crippen LogP contribution < -0.4 is 10.2 Å². The Morgan fingerprint density at radius 2 is 1.85 bits per heavy atom. The summed E-state index contributed by atoms with van der Waals surface area (Å²) in [6.45, 7) is 10.8. The second kappa shape index (κ2) is 4.96. The molecule has 0 aromatic heterocycles. The number of hydrogen-bond donors (Lipinski definition) is 1. The number of benzene rings is 1. The molecule has 0 aliphatic carbocycles. The molecule has 0 radical (unpaired) electrons. The highest BCUT2D eigenvalue weighted by Crippen LogP contribution is 2.39. The summed E-state index contributed by atoms with van der Waals surface area (Å²) < 4.78 is 6.15. The SMILES string of the molecule is Cc1cc(N(C)C)ccc1NC1CC(C)(C)OC1(C)C. The zero-order valence-electron chi connectivity index (χ0n) is 13.9. The third-order valence-electron chi connectivity index (χ3n) is 4.13. The summed E-state index contributed by atoms with van der Waals surface area (Å²) >= 11 is 0. The number of nitrogens with one attached hydrogen (secondary N) is 1. The molecular weight excluding hydrogens is 248 g/mol. The van der Waals surface area contributed by atoms with E-state index in [1.165, 1.54) is 16.9 Å². The minimum absolute atomic E-state index is 0.0569.